The number of nitrogens with two attached hydrogens (primary N) is 1. The Balaban J connectivity index is 3.94. The van der Waals surface area contributed by atoms with E-state index in [0.717, 1.165) is 0 Å². The van der Waals surface area contributed by atoms with Crippen LogP contribution in [0.2, 0.25) is 0 Å². The van der Waals surface area contributed by atoms with Crippen LogP contribution in [0.5, 0.6) is 0 Å². The van der Waals surface area contributed by atoms with Gasteiger partial charge in [-0.3, -0.25) is 4.79 Å². The minimum atomic E-state index is -2.95. The van der Waals surface area contributed by atoms with Gasteiger partial charge in [0.1, 0.15) is 9.84 Å². The number of sulfone groups is 1. The van der Waals surface area contributed by atoms with Crippen molar-refractivity contribution in [2.24, 2.45) is 5.73 Å². The second kappa shape index (κ2) is 4.89. The van der Waals surface area contributed by atoms with E-state index in [2.05, 4.69) is 0 Å². The first-order valence-corrected chi connectivity index (χ1v) is 6.54. The van der Waals surface area contributed by atoms with Crippen molar-refractivity contribution in [3.63, 3.8) is 0 Å². The van der Waals surface area contributed by atoms with Crippen molar-refractivity contribution in [3.05, 3.63) is 0 Å². The largest absolute Gasteiger partial charge is 0.319 e. The predicted molar refractivity (Wildman–Crippen MR) is 56.8 cm³/mol. The van der Waals surface area contributed by atoms with Crippen molar-refractivity contribution in [2.75, 3.05) is 11.5 Å². The first kappa shape index (κ1) is 13.6. The molecule has 0 aliphatic heterocycles. The molecule has 5 heteroatoms. The van der Waals surface area contributed by atoms with Gasteiger partial charge in [-0.2, -0.15) is 0 Å². The van der Waals surface area contributed by atoms with Gasteiger partial charge in [0.05, 0.1) is 11.3 Å². The van der Waals surface area contributed by atoms with Crippen LogP contribution in [0.1, 0.15) is 33.6 Å². The monoisotopic (exact) mass is 221 g/mol. The van der Waals surface area contributed by atoms with Crippen molar-refractivity contribution < 1.29 is 13.2 Å². The van der Waals surface area contributed by atoms with Crippen LogP contribution in [0, 0.1) is 0 Å². The van der Waals surface area contributed by atoms with Crippen LogP contribution in [-0.2, 0) is 14.6 Å². The molecule has 0 aromatic heterocycles. The van der Waals surface area contributed by atoms with Gasteiger partial charge < -0.3 is 5.73 Å². The van der Waals surface area contributed by atoms with Crippen molar-refractivity contribution >= 4 is 15.6 Å². The molecule has 2 N–H and O–H groups in total. The van der Waals surface area contributed by atoms with Crippen molar-refractivity contribution in [3.8, 4) is 0 Å². The minimum Gasteiger partial charge on any atom is -0.319 e. The highest BCUT2D eigenvalue weighted by Crippen LogP contribution is 2.06. The van der Waals surface area contributed by atoms with Gasteiger partial charge in [-0.05, 0) is 20.3 Å². The SMILES string of the molecule is CCS(=O)(=O)CCCC(=O)C(C)(C)N. The molecule has 84 valence electrons. The summed E-state index contributed by atoms with van der Waals surface area (Å²) in [5.74, 6) is 0.113. The van der Waals surface area contributed by atoms with Gasteiger partial charge in [-0.25, -0.2) is 8.42 Å². The maximum Gasteiger partial charge on any atom is 0.152 e. The van der Waals surface area contributed by atoms with Gasteiger partial charge in [0.2, 0.25) is 0 Å². The molecule has 0 saturated heterocycles. The van der Waals surface area contributed by atoms with E-state index < -0.39 is 15.4 Å². The Morgan fingerprint density at radius 3 is 2.21 bits per heavy atom. The Kier molecular flexibility index (Phi) is 4.74. The topological polar surface area (TPSA) is 77.2 Å². The lowest BCUT2D eigenvalue weighted by atomic mass is 9.97. The van der Waals surface area contributed by atoms with Crippen LogP contribution >= 0.6 is 0 Å². The van der Waals surface area contributed by atoms with Crippen LogP contribution in [-0.4, -0.2) is 31.2 Å². The number of hydrogen-bond acceptors (Lipinski definition) is 4. The Hall–Kier alpha value is -0.420. The summed E-state index contributed by atoms with van der Waals surface area (Å²) in [7, 11) is -2.95. The summed E-state index contributed by atoms with van der Waals surface area (Å²) >= 11 is 0. The van der Waals surface area contributed by atoms with Gasteiger partial charge in [-0.15, -0.1) is 0 Å². The molecule has 0 aromatic rings. The average molecular weight is 221 g/mol. The Morgan fingerprint density at radius 1 is 1.36 bits per heavy atom. The lowest BCUT2D eigenvalue weighted by Gasteiger charge is -2.16. The molecule has 0 spiro atoms. The quantitative estimate of drug-likeness (QED) is 0.709. The highest BCUT2D eigenvalue weighted by Gasteiger charge is 2.21. The molecule has 0 bridgehead atoms. The van der Waals surface area contributed by atoms with E-state index in [1.54, 1.807) is 20.8 Å². The molecule has 14 heavy (non-hydrogen) atoms. The first-order chi connectivity index (χ1) is 6.19. The van der Waals surface area contributed by atoms with E-state index in [1.807, 2.05) is 0 Å². The molecule has 0 radical (unpaired) electrons. The molecular formula is C9H19NO3S. The van der Waals surface area contributed by atoms with E-state index in [9.17, 15) is 13.2 Å². The maximum atomic E-state index is 11.3. The standard InChI is InChI=1S/C9H19NO3S/c1-4-14(12,13)7-5-6-8(11)9(2,3)10/h4-7,10H2,1-3H3. The maximum absolute atomic E-state index is 11.3. The number of Topliss-reactive ketones (excluding diaryl/α,β-unsaturated/α-hetero) is 1. The zero-order valence-electron chi connectivity index (χ0n) is 9.04. The highest BCUT2D eigenvalue weighted by atomic mass is 32.2. The van der Waals surface area contributed by atoms with Crippen LogP contribution in [0.25, 0.3) is 0 Å². The Morgan fingerprint density at radius 2 is 1.86 bits per heavy atom. The van der Waals surface area contributed by atoms with E-state index in [-0.39, 0.29) is 23.7 Å². The number of carbonyl (C=O) groups is 1. The third kappa shape index (κ3) is 5.34. The lowest BCUT2D eigenvalue weighted by molar-refractivity contribution is -0.123. The van der Waals surface area contributed by atoms with Crippen molar-refractivity contribution in [1.82, 2.24) is 0 Å². The summed E-state index contributed by atoms with van der Waals surface area (Å²) in [5.41, 5.74) is 4.71. The fourth-order valence-electron chi connectivity index (χ4n) is 0.919. The molecule has 0 amide bonds. The van der Waals surface area contributed by atoms with Crippen LogP contribution in [0.4, 0.5) is 0 Å². The van der Waals surface area contributed by atoms with Gasteiger partial charge in [0, 0.05) is 12.2 Å². The van der Waals surface area contributed by atoms with Crippen molar-refractivity contribution in [2.45, 2.75) is 39.2 Å². The predicted octanol–water partition coefficient (Wildman–Crippen LogP) is 0.508. The van der Waals surface area contributed by atoms with Crippen LogP contribution in [0.15, 0.2) is 0 Å². The van der Waals surface area contributed by atoms with Gasteiger partial charge in [0.25, 0.3) is 0 Å². The summed E-state index contributed by atoms with van der Waals surface area (Å²) in [5, 5.41) is 0. The summed E-state index contributed by atoms with van der Waals surface area (Å²) in [4.78, 5) is 11.3. The number of rotatable bonds is 6. The molecule has 0 saturated carbocycles. The summed E-state index contributed by atoms with van der Waals surface area (Å²) < 4.78 is 22.2. The second-order valence-corrected chi connectivity index (χ2v) is 6.46. The number of ketones is 1. The van der Waals surface area contributed by atoms with Crippen molar-refractivity contribution in [1.29, 1.82) is 0 Å². The second-order valence-electron chi connectivity index (χ2n) is 3.98. The summed E-state index contributed by atoms with van der Waals surface area (Å²) in [6.07, 6.45) is 0.609. The molecule has 0 heterocycles. The number of hydrogen-bond donors (Lipinski definition) is 1. The fraction of sp³-hybridized carbons (Fsp3) is 0.889. The van der Waals surface area contributed by atoms with E-state index in [1.165, 1.54) is 0 Å². The minimum absolute atomic E-state index is 0.0747. The first-order valence-electron chi connectivity index (χ1n) is 4.71. The van der Waals surface area contributed by atoms with Gasteiger partial charge >= 0.3 is 0 Å². The fourth-order valence-corrected chi connectivity index (χ4v) is 1.79. The smallest absolute Gasteiger partial charge is 0.152 e. The Bertz CT molecular complexity index is 288. The third-order valence-corrected chi connectivity index (χ3v) is 3.81. The van der Waals surface area contributed by atoms with Gasteiger partial charge in [-0.1, -0.05) is 6.92 Å². The summed E-state index contributed by atoms with van der Waals surface area (Å²) in [6.45, 7) is 4.86. The molecule has 4 nitrogen and oxygen atoms in total. The summed E-state index contributed by atoms with van der Waals surface area (Å²) in [6, 6.07) is 0. The molecule has 0 fully saturated rings. The third-order valence-electron chi connectivity index (χ3n) is 2.02. The highest BCUT2D eigenvalue weighted by molar-refractivity contribution is 7.91. The zero-order chi connectivity index (χ0) is 11.4. The van der Waals surface area contributed by atoms with E-state index >= 15 is 0 Å². The average Bonchev–Trinajstić information content (AvgIpc) is 2.02. The molecule has 0 rings (SSSR count). The van der Waals surface area contributed by atoms with Crippen LogP contribution < -0.4 is 5.73 Å². The van der Waals surface area contributed by atoms with Crippen LogP contribution in [0.3, 0.4) is 0 Å². The normalized spacial score (nSPS) is 12.9. The number of carbonyl (C=O) groups excluding carboxylic acids is 1. The Labute approximate surface area is 85.8 Å². The van der Waals surface area contributed by atoms with E-state index in [4.69, 9.17) is 5.73 Å². The molecule has 0 aliphatic carbocycles. The molecule has 0 aliphatic rings. The zero-order valence-corrected chi connectivity index (χ0v) is 9.86. The lowest BCUT2D eigenvalue weighted by Crippen LogP contribution is -2.41. The van der Waals surface area contributed by atoms with E-state index in [0.29, 0.717) is 6.42 Å². The molecule has 0 atom stereocenters. The van der Waals surface area contributed by atoms with Gasteiger partial charge in [0.15, 0.2) is 5.78 Å². The molecular weight excluding hydrogens is 202 g/mol. The molecule has 0 unspecified atom stereocenters. The molecule has 0 aromatic carbocycles.